The Bertz CT molecular complexity index is 633. The summed E-state index contributed by atoms with van der Waals surface area (Å²) in [4.78, 5) is 26.0. The van der Waals surface area contributed by atoms with E-state index in [1.807, 2.05) is 0 Å². The predicted octanol–water partition coefficient (Wildman–Crippen LogP) is 1.84. The quantitative estimate of drug-likeness (QED) is 0.332. The fourth-order valence-electron chi connectivity index (χ4n) is 1.66. The highest BCUT2D eigenvalue weighted by atomic mass is 19.4. The molecule has 1 rings (SSSR count). The van der Waals surface area contributed by atoms with E-state index in [-0.39, 0.29) is 11.7 Å². The van der Waals surface area contributed by atoms with E-state index in [9.17, 15) is 22.8 Å². The summed E-state index contributed by atoms with van der Waals surface area (Å²) in [6, 6.07) is 1.73. The molecular weight excluding hydrogens is 317 g/mol. The molecule has 0 aliphatic carbocycles. The summed E-state index contributed by atoms with van der Waals surface area (Å²) in [7, 11) is 1.38. The molecule has 2 amide bonds. The zero-order chi connectivity index (χ0) is 17.8. The van der Waals surface area contributed by atoms with Crippen LogP contribution in [-0.4, -0.2) is 31.2 Å². The topological polar surface area (TPSA) is 106 Å². The van der Waals surface area contributed by atoms with Crippen molar-refractivity contribution in [2.45, 2.75) is 20.0 Å². The second-order valence-corrected chi connectivity index (χ2v) is 4.51. The SMILES string of the molecule is CN=C(N)NC(=O)Nc1c(C)cc(OC(=O)C(F)(F)F)cc1C. The molecule has 126 valence electrons. The Morgan fingerprint density at radius 1 is 1.22 bits per heavy atom. The number of rotatable bonds is 2. The number of amides is 2. The van der Waals surface area contributed by atoms with Crippen molar-refractivity contribution in [3.63, 3.8) is 0 Å². The monoisotopic (exact) mass is 332 g/mol. The Labute approximate surface area is 129 Å². The van der Waals surface area contributed by atoms with Crippen molar-refractivity contribution in [3.05, 3.63) is 23.3 Å². The maximum absolute atomic E-state index is 12.2. The van der Waals surface area contributed by atoms with Crippen LogP contribution < -0.4 is 21.1 Å². The van der Waals surface area contributed by atoms with E-state index in [4.69, 9.17) is 5.73 Å². The average molecular weight is 332 g/mol. The Morgan fingerprint density at radius 3 is 2.17 bits per heavy atom. The number of guanidine groups is 1. The van der Waals surface area contributed by atoms with Crippen LogP contribution in [0.4, 0.5) is 23.7 Å². The van der Waals surface area contributed by atoms with Crippen molar-refractivity contribution in [1.29, 1.82) is 0 Å². The van der Waals surface area contributed by atoms with Gasteiger partial charge in [0.2, 0.25) is 0 Å². The normalized spacial score (nSPS) is 11.8. The van der Waals surface area contributed by atoms with E-state index in [1.165, 1.54) is 33.0 Å². The van der Waals surface area contributed by atoms with Gasteiger partial charge in [-0.05, 0) is 37.1 Å². The number of urea groups is 1. The first-order chi connectivity index (χ1) is 10.5. The Hall–Kier alpha value is -2.78. The molecule has 4 N–H and O–H groups in total. The fourth-order valence-corrected chi connectivity index (χ4v) is 1.66. The summed E-state index contributed by atoms with van der Waals surface area (Å²) in [5, 5.41) is 4.72. The van der Waals surface area contributed by atoms with Gasteiger partial charge in [-0.1, -0.05) is 0 Å². The number of ether oxygens (including phenoxy) is 1. The molecule has 0 radical (unpaired) electrons. The minimum absolute atomic E-state index is 0.103. The third kappa shape index (κ3) is 5.16. The van der Waals surface area contributed by atoms with Crippen LogP contribution in [0.1, 0.15) is 11.1 Å². The number of hydrogen-bond acceptors (Lipinski definition) is 4. The zero-order valence-corrected chi connectivity index (χ0v) is 12.5. The summed E-state index contributed by atoms with van der Waals surface area (Å²) in [6.45, 7) is 3.07. The number of benzene rings is 1. The van der Waals surface area contributed by atoms with Crippen molar-refractivity contribution in [3.8, 4) is 5.75 Å². The van der Waals surface area contributed by atoms with E-state index in [1.54, 1.807) is 0 Å². The van der Waals surface area contributed by atoms with Crippen molar-refractivity contribution >= 4 is 23.6 Å². The molecule has 7 nitrogen and oxygen atoms in total. The second-order valence-electron chi connectivity index (χ2n) is 4.51. The number of aryl methyl sites for hydroxylation is 2. The second kappa shape index (κ2) is 6.99. The number of nitrogens with one attached hydrogen (secondary N) is 2. The van der Waals surface area contributed by atoms with Crippen LogP contribution in [0.5, 0.6) is 5.75 Å². The lowest BCUT2D eigenvalue weighted by atomic mass is 10.1. The fraction of sp³-hybridized carbons (Fsp3) is 0.308. The number of carbonyl (C=O) groups excluding carboxylic acids is 2. The molecule has 0 saturated carbocycles. The van der Waals surface area contributed by atoms with Gasteiger partial charge in [0, 0.05) is 12.7 Å². The molecule has 0 bridgehead atoms. The molecule has 10 heteroatoms. The minimum atomic E-state index is -5.09. The van der Waals surface area contributed by atoms with Crippen molar-refractivity contribution in [2.24, 2.45) is 10.7 Å². The highest BCUT2D eigenvalue weighted by Crippen LogP contribution is 2.28. The minimum Gasteiger partial charge on any atom is -0.420 e. The molecule has 0 saturated heterocycles. The van der Waals surface area contributed by atoms with Gasteiger partial charge in [0.1, 0.15) is 5.75 Å². The first kappa shape index (κ1) is 18.3. The zero-order valence-electron chi connectivity index (χ0n) is 12.5. The molecule has 23 heavy (non-hydrogen) atoms. The molecule has 0 aromatic heterocycles. The Kier molecular flexibility index (Phi) is 5.55. The molecule has 0 aliphatic heterocycles. The maximum Gasteiger partial charge on any atom is 0.491 e. The molecule has 1 aromatic carbocycles. The van der Waals surface area contributed by atoms with Crippen LogP contribution in [0.25, 0.3) is 0 Å². The lowest BCUT2D eigenvalue weighted by Gasteiger charge is -2.14. The van der Waals surface area contributed by atoms with Crippen LogP contribution in [0, 0.1) is 13.8 Å². The molecule has 0 spiro atoms. The molecule has 0 fully saturated rings. The number of esters is 1. The van der Waals surface area contributed by atoms with Gasteiger partial charge in [-0.15, -0.1) is 0 Å². The summed E-state index contributed by atoms with van der Waals surface area (Å²) in [6.07, 6.45) is -5.09. The van der Waals surface area contributed by atoms with Crippen LogP contribution >= 0.6 is 0 Å². The summed E-state index contributed by atoms with van der Waals surface area (Å²) in [5.41, 5.74) is 6.48. The highest BCUT2D eigenvalue weighted by molar-refractivity contribution is 6.02. The van der Waals surface area contributed by atoms with Gasteiger partial charge in [0.15, 0.2) is 5.96 Å². The average Bonchev–Trinajstić information content (AvgIpc) is 2.41. The Morgan fingerprint density at radius 2 is 1.74 bits per heavy atom. The van der Waals surface area contributed by atoms with Gasteiger partial charge in [0.25, 0.3) is 0 Å². The summed E-state index contributed by atoms with van der Waals surface area (Å²) in [5.74, 6) is -2.70. The van der Waals surface area contributed by atoms with E-state index in [0.29, 0.717) is 16.8 Å². The Balaban J connectivity index is 2.94. The predicted molar refractivity (Wildman–Crippen MR) is 77.3 cm³/mol. The number of aliphatic imine (C=N–C) groups is 1. The first-order valence-electron chi connectivity index (χ1n) is 6.25. The lowest BCUT2D eigenvalue weighted by molar-refractivity contribution is -0.189. The number of nitrogens with two attached hydrogens (primary N) is 1. The van der Waals surface area contributed by atoms with Gasteiger partial charge in [-0.3, -0.25) is 10.3 Å². The van der Waals surface area contributed by atoms with Crippen LogP contribution in [0.2, 0.25) is 0 Å². The van der Waals surface area contributed by atoms with Crippen LogP contribution in [-0.2, 0) is 4.79 Å². The van der Waals surface area contributed by atoms with Crippen LogP contribution in [0.3, 0.4) is 0 Å². The third-order valence-electron chi connectivity index (χ3n) is 2.67. The number of halogens is 3. The van der Waals surface area contributed by atoms with Gasteiger partial charge in [-0.2, -0.15) is 13.2 Å². The summed E-state index contributed by atoms with van der Waals surface area (Å²) < 4.78 is 40.8. The molecule has 1 aromatic rings. The van der Waals surface area contributed by atoms with Gasteiger partial charge < -0.3 is 15.8 Å². The van der Waals surface area contributed by atoms with Crippen molar-refractivity contribution in [2.75, 3.05) is 12.4 Å². The molecule has 0 heterocycles. The first-order valence-corrected chi connectivity index (χ1v) is 6.25. The van der Waals surface area contributed by atoms with E-state index in [0.717, 1.165) is 0 Å². The maximum atomic E-state index is 12.2. The van der Waals surface area contributed by atoms with E-state index in [2.05, 4.69) is 20.4 Å². The van der Waals surface area contributed by atoms with E-state index >= 15 is 0 Å². The molecular formula is C13H15F3N4O3. The van der Waals surface area contributed by atoms with Crippen molar-refractivity contribution < 1.29 is 27.5 Å². The number of alkyl halides is 3. The number of anilines is 1. The molecule has 0 aliphatic rings. The highest BCUT2D eigenvalue weighted by Gasteiger charge is 2.41. The van der Waals surface area contributed by atoms with Gasteiger partial charge in [0.05, 0.1) is 0 Å². The standard InChI is InChI=1S/C13H15F3N4O3/c1-6-4-8(23-10(21)13(14,15)16)5-7(2)9(6)19-12(22)20-11(17)18-3/h4-5H,1-3H3,(H4,17,18,19,20,22). The van der Waals surface area contributed by atoms with Crippen LogP contribution in [0.15, 0.2) is 17.1 Å². The van der Waals surface area contributed by atoms with Gasteiger partial charge in [-0.25, -0.2) is 9.59 Å². The molecule has 0 unspecified atom stereocenters. The third-order valence-corrected chi connectivity index (χ3v) is 2.67. The number of hydrogen-bond donors (Lipinski definition) is 3. The van der Waals surface area contributed by atoms with Gasteiger partial charge >= 0.3 is 18.2 Å². The van der Waals surface area contributed by atoms with Crippen molar-refractivity contribution in [1.82, 2.24) is 5.32 Å². The largest absolute Gasteiger partial charge is 0.491 e. The lowest BCUT2D eigenvalue weighted by Crippen LogP contribution is -2.39. The number of carbonyl (C=O) groups is 2. The molecule has 0 atom stereocenters. The number of nitrogens with zero attached hydrogens (tertiary/aromatic N) is 1. The smallest absolute Gasteiger partial charge is 0.420 e. The summed E-state index contributed by atoms with van der Waals surface area (Å²) >= 11 is 0. The van der Waals surface area contributed by atoms with E-state index < -0.39 is 18.2 Å².